The van der Waals surface area contributed by atoms with E-state index in [1.165, 1.54) is 18.2 Å². The molecule has 172 valence electrons. The number of carbonyl (C=O) groups excluding carboxylic acids is 2. The second-order valence-corrected chi connectivity index (χ2v) is 8.16. The van der Waals surface area contributed by atoms with Gasteiger partial charge in [0.2, 0.25) is 0 Å². The highest BCUT2D eigenvalue weighted by molar-refractivity contribution is 6.06. The van der Waals surface area contributed by atoms with E-state index in [0.29, 0.717) is 23.4 Å². The summed E-state index contributed by atoms with van der Waals surface area (Å²) in [5.41, 5.74) is 4.74. The minimum absolute atomic E-state index is 0.0308. The minimum Gasteiger partial charge on any atom is -0.361 e. The fourth-order valence-electron chi connectivity index (χ4n) is 4.06. The second-order valence-electron chi connectivity index (χ2n) is 8.16. The van der Waals surface area contributed by atoms with Crippen molar-refractivity contribution in [2.24, 2.45) is 0 Å². The van der Waals surface area contributed by atoms with Gasteiger partial charge in [-0.05, 0) is 59.7 Å². The Morgan fingerprint density at radius 3 is 1.94 bits per heavy atom. The van der Waals surface area contributed by atoms with Crippen LogP contribution >= 0.6 is 0 Å². The molecule has 0 saturated heterocycles. The van der Waals surface area contributed by atoms with Gasteiger partial charge in [-0.3, -0.25) is 9.59 Å². The van der Waals surface area contributed by atoms with E-state index in [4.69, 9.17) is 0 Å². The average Bonchev–Trinajstić information content (AvgIpc) is 3.28. The van der Waals surface area contributed by atoms with Gasteiger partial charge in [0.15, 0.2) is 0 Å². The molecule has 1 aromatic heterocycles. The zero-order valence-electron chi connectivity index (χ0n) is 18.7. The number of H-pyrrole nitrogens is 1. The Bertz CT molecular complexity index is 1520. The molecule has 0 aliphatic rings. The number of fused-ring (bicyclic) bond motifs is 1. The summed E-state index contributed by atoms with van der Waals surface area (Å²) in [5.74, 6) is -1.34. The molecule has 1 heterocycles. The van der Waals surface area contributed by atoms with Crippen molar-refractivity contribution < 1.29 is 14.0 Å². The highest BCUT2D eigenvalue weighted by Gasteiger charge is 2.14. The van der Waals surface area contributed by atoms with Crippen LogP contribution in [0.15, 0.2) is 103 Å². The molecule has 5 aromatic rings. The SMILES string of the molecule is O=C(Nc1ccc(NC(=O)c2ccccc2Cc2c[nH]c3ccccc23)cc1)c1ccccc1F. The highest BCUT2D eigenvalue weighted by atomic mass is 19.1. The number of rotatable bonds is 6. The van der Waals surface area contributed by atoms with Crippen LogP contribution < -0.4 is 10.6 Å². The number of nitrogens with one attached hydrogen (secondary N) is 3. The monoisotopic (exact) mass is 463 g/mol. The smallest absolute Gasteiger partial charge is 0.258 e. The lowest BCUT2D eigenvalue weighted by atomic mass is 9.99. The summed E-state index contributed by atoms with van der Waals surface area (Å²) < 4.78 is 13.8. The summed E-state index contributed by atoms with van der Waals surface area (Å²) in [4.78, 5) is 28.7. The van der Waals surface area contributed by atoms with Gasteiger partial charge in [-0.1, -0.05) is 48.5 Å². The van der Waals surface area contributed by atoms with Gasteiger partial charge in [0.1, 0.15) is 5.82 Å². The van der Waals surface area contributed by atoms with Gasteiger partial charge in [0, 0.05) is 40.5 Å². The quantitative estimate of drug-likeness (QED) is 0.272. The van der Waals surface area contributed by atoms with E-state index >= 15 is 0 Å². The Hall–Kier alpha value is -4.71. The van der Waals surface area contributed by atoms with Crippen molar-refractivity contribution >= 4 is 34.1 Å². The molecule has 0 radical (unpaired) electrons. The van der Waals surface area contributed by atoms with Crippen molar-refractivity contribution in [3.8, 4) is 0 Å². The topological polar surface area (TPSA) is 74.0 Å². The Labute approximate surface area is 201 Å². The number of carbonyl (C=O) groups is 2. The first-order valence-corrected chi connectivity index (χ1v) is 11.2. The molecule has 0 fully saturated rings. The van der Waals surface area contributed by atoms with Crippen molar-refractivity contribution in [1.29, 1.82) is 0 Å². The average molecular weight is 464 g/mol. The Kier molecular flexibility index (Phi) is 6.09. The normalized spacial score (nSPS) is 10.8. The molecule has 0 bridgehead atoms. The van der Waals surface area contributed by atoms with Crippen molar-refractivity contribution in [3.63, 3.8) is 0 Å². The van der Waals surface area contributed by atoms with E-state index in [9.17, 15) is 14.0 Å². The summed E-state index contributed by atoms with van der Waals surface area (Å²) in [5, 5.41) is 6.72. The van der Waals surface area contributed by atoms with E-state index < -0.39 is 11.7 Å². The lowest BCUT2D eigenvalue weighted by molar-refractivity contribution is 0.101. The summed E-state index contributed by atoms with van der Waals surface area (Å²) >= 11 is 0. The fraction of sp³-hybridized carbons (Fsp3) is 0.0345. The molecule has 5 rings (SSSR count). The standard InChI is InChI=1S/C29H22FN3O2/c30-26-11-5-3-10-25(26)29(35)33-22-15-13-21(14-16-22)32-28(34)24-9-2-1-7-19(24)17-20-18-31-27-12-6-4-8-23(20)27/h1-16,18,31H,17H2,(H,32,34)(H,33,35). The maximum Gasteiger partial charge on any atom is 0.258 e. The molecule has 35 heavy (non-hydrogen) atoms. The van der Waals surface area contributed by atoms with Crippen LogP contribution in [0.5, 0.6) is 0 Å². The molecule has 0 spiro atoms. The predicted octanol–water partition coefficient (Wildman–Crippen LogP) is 6.40. The van der Waals surface area contributed by atoms with Crippen molar-refractivity contribution in [1.82, 2.24) is 4.98 Å². The van der Waals surface area contributed by atoms with Crippen LogP contribution in [0, 0.1) is 5.82 Å². The number of anilines is 2. The largest absolute Gasteiger partial charge is 0.361 e. The van der Waals surface area contributed by atoms with Gasteiger partial charge < -0.3 is 15.6 Å². The third-order valence-electron chi connectivity index (χ3n) is 5.84. The molecule has 6 heteroatoms. The molecular formula is C29H22FN3O2. The van der Waals surface area contributed by atoms with Crippen LogP contribution in [-0.4, -0.2) is 16.8 Å². The first-order valence-electron chi connectivity index (χ1n) is 11.2. The van der Waals surface area contributed by atoms with Crippen LogP contribution in [-0.2, 0) is 6.42 Å². The molecule has 0 atom stereocenters. The Morgan fingerprint density at radius 2 is 1.23 bits per heavy atom. The maximum absolute atomic E-state index is 13.8. The minimum atomic E-state index is -0.583. The number of halogens is 1. The third kappa shape index (κ3) is 4.82. The lowest BCUT2D eigenvalue weighted by Gasteiger charge is -2.11. The molecule has 0 unspecified atom stereocenters. The molecule has 2 amide bonds. The number of para-hydroxylation sites is 1. The van der Waals surface area contributed by atoms with E-state index in [1.807, 2.05) is 48.7 Å². The summed E-state index contributed by atoms with van der Waals surface area (Å²) in [6, 6.07) is 28.1. The van der Waals surface area contributed by atoms with Gasteiger partial charge >= 0.3 is 0 Å². The molecule has 4 aromatic carbocycles. The number of benzene rings is 4. The van der Waals surface area contributed by atoms with Crippen LogP contribution in [0.25, 0.3) is 10.9 Å². The number of aromatic amines is 1. The van der Waals surface area contributed by atoms with Crippen LogP contribution in [0.1, 0.15) is 31.8 Å². The van der Waals surface area contributed by atoms with Gasteiger partial charge in [-0.25, -0.2) is 4.39 Å². The highest BCUT2D eigenvalue weighted by Crippen LogP contribution is 2.23. The van der Waals surface area contributed by atoms with E-state index in [1.54, 1.807) is 30.3 Å². The van der Waals surface area contributed by atoms with Gasteiger partial charge in [0.25, 0.3) is 11.8 Å². The second kappa shape index (κ2) is 9.65. The Balaban J connectivity index is 1.29. The van der Waals surface area contributed by atoms with Gasteiger partial charge in [-0.2, -0.15) is 0 Å². The van der Waals surface area contributed by atoms with E-state index in [-0.39, 0.29) is 11.5 Å². The summed E-state index contributed by atoms with van der Waals surface area (Å²) in [7, 11) is 0. The van der Waals surface area contributed by atoms with E-state index in [2.05, 4.69) is 21.7 Å². The molecule has 3 N–H and O–H groups in total. The number of hydrogen-bond acceptors (Lipinski definition) is 2. The maximum atomic E-state index is 13.8. The van der Waals surface area contributed by atoms with Crippen molar-refractivity contribution in [3.05, 3.63) is 131 Å². The van der Waals surface area contributed by atoms with Crippen molar-refractivity contribution in [2.75, 3.05) is 10.6 Å². The Morgan fingerprint density at radius 1 is 0.657 bits per heavy atom. The molecule has 0 aliphatic heterocycles. The first kappa shape index (κ1) is 22.1. The molecule has 0 aliphatic carbocycles. The fourth-order valence-corrected chi connectivity index (χ4v) is 4.06. The third-order valence-corrected chi connectivity index (χ3v) is 5.84. The zero-order valence-corrected chi connectivity index (χ0v) is 18.7. The van der Waals surface area contributed by atoms with Gasteiger partial charge in [0.05, 0.1) is 5.56 Å². The number of aromatic nitrogens is 1. The van der Waals surface area contributed by atoms with Crippen LogP contribution in [0.3, 0.4) is 0 Å². The summed E-state index contributed by atoms with van der Waals surface area (Å²) in [6.45, 7) is 0. The zero-order chi connectivity index (χ0) is 24.2. The number of hydrogen-bond donors (Lipinski definition) is 3. The van der Waals surface area contributed by atoms with E-state index in [0.717, 1.165) is 22.0 Å². The molecular weight excluding hydrogens is 441 g/mol. The summed E-state index contributed by atoms with van der Waals surface area (Å²) in [6.07, 6.45) is 2.60. The number of amides is 2. The molecule has 0 saturated carbocycles. The first-order chi connectivity index (χ1) is 17.1. The lowest BCUT2D eigenvalue weighted by Crippen LogP contribution is -2.15. The van der Waals surface area contributed by atoms with Crippen LogP contribution in [0.2, 0.25) is 0 Å². The predicted molar refractivity (Wildman–Crippen MR) is 136 cm³/mol. The van der Waals surface area contributed by atoms with Crippen molar-refractivity contribution in [2.45, 2.75) is 6.42 Å². The van der Waals surface area contributed by atoms with Gasteiger partial charge in [-0.15, -0.1) is 0 Å². The molecule has 5 nitrogen and oxygen atoms in total. The van der Waals surface area contributed by atoms with Crippen LogP contribution in [0.4, 0.5) is 15.8 Å².